The molecule has 25 heavy (non-hydrogen) atoms. The summed E-state index contributed by atoms with van der Waals surface area (Å²) in [5.41, 5.74) is 3.85. The number of hydrogen-bond acceptors (Lipinski definition) is 2. The van der Waals surface area contributed by atoms with E-state index in [4.69, 9.17) is 11.6 Å². The zero-order chi connectivity index (χ0) is 16.8. The lowest BCUT2D eigenvalue weighted by molar-refractivity contribution is 0.144. The monoisotopic (exact) mass is 377 g/mol. The van der Waals surface area contributed by atoms with Crippen molar-refractivity contribution in [1.29, 1.82) is 0 Å². The van der Waals surface area contributed by atoms with Crippen LogP contribution >= 0.6 is 24.0 Å². The van der Waals surface area contributed by atoms with Crippen molar-refractivity contribution in [3.05, 3.63) is 82.4 Å². The quantitative estimate of drug-likeness (QED) is 0.711. The van der Waals surface area contributed by atoms with E-state index in [0.29, 0.717) is 5.02 Å². The molecule has 1 heterocycles. The molecule has 0 radical (unpaired) electrons. The van der Waals surface area contributed by atoms with Gasteiger partial charge in [0.15, 0.2) is 0 Å². The van der Waals surface area contributed by atoms with E-state index in [1.54, 1.807) is 0 Å². The summed E-state index contributed by atoms with van der Waals surface area (Å²) in [6.45, 7) is 2.97. The van der Waals surface area contributed by atoms with Crippen molar-refractivity contribution in [3.8, 4) is 0 Å². The van der Waals surface area contributed by atoms with Crippen LogP contribution in [-0.2, 0) is 6.42 Å². The molecule has 2 nitrogen and oxygen atoms in total. The number of benzene rings is 2. The van der Waals surface area contributed by atoms with Crippen LogP contribution in [-0.4, -0.2) is 29.6 Å². The average molecular weight is 378 g/mol. The molecule has 2 aromatic rings. The van der Waals surface area contributed by atoms with Crippen LogP contribution in [0, 0.1) is 0 Å². The first-order valence-corrected chi connectivity index (χ1v) is 8.96. The highest BCUT2D eigenvalue weighted by molar-refractivity contribution is 6.30. The molecule has 0 bridgehead atoms. The second-order valence-electron chi connectivity index (χ2n) is 6.43. The van der Waals surface area contributed by atoms with Crippen molar-refractivity contribution in [1.82, 2.24) is 4.90 Å². The minimum absolute atomic E-state index is 0. The normalized spacial score (nSPS) is 16.0. The van der Waals surface area contributed by atoms with Gasteiger partial charge in [0.05, 0.1) is 6.10 Å². The Morgan fingerprint density at radius 1 is 1.04 bits per heavy atom. The van der Waals surface area contributed by atoms with E-state index in [1.165, 1.54) is 11.1 Å². The van der Waals surface area contributed by atoms with E-state index >= 15 is 0 Å². The molecule has 2 aromatic carbocycles. The SMILES string of the molecule is Cl.OC(CCN1CC=C(Cc2ccccc2)CC1)c1ccc(Cl)cc1. The van der Waals surface area contributed by atoms with Gasteiger partial charge in [0, 0.05) is 24.7 Å². The van der Waals surface area contributed by atoms with E-state index < -0.39 is 6.10 Å². The molecule has 0 spiro atoms. The van der Waals surface area contributed by atoms with Crippen molar-refractivity contribution in [2.45, 2.75) is 25.4 Å². The molecule has 3 rings (SSSR count). The lowest BCUT2D eigenvalue weighted by Gasteiger charge is -2.27. The summed E-state index contributed by atoms with van der Waals surface area (Å²) in [5, 5.41) is 11.0. The maximum absolute atomic E-state index is 10.3. The standard InChI is InChI=1S/C21H24ClNO.ClH/c22-20-8-6-19(7-9-20)21(24)12-15-23-13-10-18(11-14-23)16-17-4-2-1-3-5-17;/h1-10,21,24H,11-16H2;1H. The van der Waals surface area contributed by atoms with Gasteiger partial charge >= 0.3 is 0 Å². The van der Waals surface area contributed by atoms with Gasteiger partial charge < -0.3 is 5.11 Å². The van der Waals surface area contributed by atoms with Crippen LogP contribution in [0.25, 0.3) is 0 Å². The summed E-state index contributed by atoms with van der Waals surface area (Å²) < 4.78 is 0. The van der Waals surface area contributed by atoms with Crippen LogP contribution < -0.4 is 0 Å². The van der Waals surface area contributed by atoms with E-state index in [2.05, 4.69) is 41.3 Å². The number of aliphatic hydroxyl groups is 1. The third kappa shape index (κ3) is 6.16. The summed E-state index contributed by atoms with van der Waals surface area (Å²) in [5.74, 6) is 0. The summed E-state index contributed by atoms with van der Waals surface area (Å²) in [6.07, 6.45) is 4.86. The molecule has 0 aromatic heterocycles. The van der Waals surface area contributed by atoms with Gasteiger partial charge in [-0.05, 0) is 42.5 Å². The highest BCUT2D eigenvalue weighted by Gasteiger charge is 2.14. The largest absolute Gasteiger partial charge is 0.388 e. The van der Waals surface area contributed by atoms with Gasteiger partial charge in [0.1, 0.15) is 0 Å². The lowest BCUT2D eigenvalue weighted by Crippen LogP contribution is -2.30. The predicted molar refractivity (Wildman–Crippen MR) is 108 cm³/mol. The number of nitrogens with zero attached hydrogens (tertiary/aromatic N) is 1. The number of aliphatic hydroxyl groups excluding tert-OH is 1. The summed E-state index contributed by atoms with van der Waals surface area (Å²) in [4.78, 5) is 2.41. The van der Waals surface area contributed by atoms with Crippen molar-refractivity contribution >= 4 is 24.0 Å². The molecule has 1 aliphatic heterocycles. The van der Waals surface area contributed by atoms with E-state index in [-0.39, 0.29) is 12.4 Å². The van der Waals surface area contributed by atoms with Crippen LogP contribution in [0.2, 0.25) is 5.02 Å². The average Bonchev–Trinajstić information content (AvgIpc) is 2.62. The van der Waals surface area contributed by atoms with Crippen LogP contribution in [0.3, 0.4) is 0 Å². The second-order valence-corrected chi connectivity index (χ2v) is 6.87. The Morgan fingerprint density at radius 2 is 1.76 bits per heavy atom. The predicted octanol–water partition coefficient (Wildman–Crippen LogP) is 5.06. The topological polar surface area (TPSA) is 23.5 Å². The third-order valence-corrected chi connectivity index (χ3v) is 4.89. The summed E-state index contributed by atoms with van der Waals surface area (Å²) in [6, 6.07) is 18.1. The van der Waals surface area contributed by atoms with Crippen molar-refractivity contribution in [2.24, 2.45) is 0 Å². The van der Waals surface area contributed by atoms with Gasteiger partial charge in [-0.15, -0.1) is 12.4 Å². The van der Waals surface area contributed by atoms with Crippen LogP contribution in [0.1, 0.15) is 30.1 Å². The fraction of sp³-hybridized carbons (Fsp3) is 0.333. The third-order valence-electron chi connectivity index (χ3n) is 4.63. The Bertz CT molecular complexity index is 670. The Labute approximate surface area is 161 Å². The Hall–Kier alpha value is -1.32. The van der Waals surface area contributed by atoms with Crippen molar-refractivity contribution in [2.75, 3.05) is 19.6 Å². The van der Waals surface area contributed by atoms with Gasteiger partial charge in [-0.3, -0.25) is 4.90 Å². The molecule has 4 heteroatoms. The number of halogens is 2. The lowest BCUT2D eigenvalue weighted by atomic mass is 9.99. The summed E-state index contributed by atoms with van der Waals surface area (Å²) in [7, 11) is 0. The second kappa shape index (κ2) is 9.98. The highest BCUT2D eigenvalue weighted by Crippen LogP contribution is 2.21. The van der Waals surface area contributed by atoms with Gasteiger partial charge in [0.25, 0.3) is 0 Å². The fourth-order valence-corrected chi connectivity index (χ4v) is 3.26. The summed E-state index contributed by atoms with van der Waals surface area (Å²) >= 11 is 5.89. The first-order valence-electron chi connectivity index (χ1n) is 8.58. The van der Waals surface area contributed by atoms with E-state index in [1.807, 2.05) is 24.3 Å². The van der Waals surface area contributed by atoms with Gasteiger partial charge in [-0.1, -0.05) is 65.7 Å². The van der Waals surface area contributed by atoms with Crippen LogP contribution in [0.5, 0.6) is 0 Å². The molecule has 134 valence electrons. The molecule has 1 aliphatic rings. The Balaban J connectivity index is 0.00000225. The highest BCUT2D eigenvalue weighted by atomic mass is 35.5. The number of rotatable bonds is 6. The fourth-order valence-electron chi connectivity index (χ4n) is 3.13. The molecule has 1 N–H and O–H groups in total. The van der Waals surface area contributed by atoms with Crippen molar-refractivity contribution in [3.63, 3.8) is 0 Å². The Kier molecular flexibility index (Phi) is 7.98. The molecule has 1 unspecified atom stereocenters. The molecule has 0 saturated heterocycles. The minimum Gasteiger partial charge on any atom is -0.388 e. The van der Waals surface area contributed by atoms with Crippen LogP contribution in [0.4, 0.5) is 0 Å². The van der Waals surface area contributed by atoms with Gasteiger partial charge in [-0.2, -0.15) is 0 Å². The molecule has 0 aliphatic carbocycles. The zero-order valence-corrected chi connectivity index (χ0v) is 15.8. The Morgan fingerprint density at radius 3 is 2.40 bits per heavy atom. The van der Waals surface area contributed by atoms with Crippen LogP contribution in [0.15, 0.2) is 66.2 Å². The maximum Gasteiger partial charge on any atom is 0.0802 e. The smallest absolute Gasteiger partial charge is 0.0802 e. The number of hydrogen-bond donors (Lipinski definition) is 1. The molecule has 1 atom stereocenters. The molecule has 0 amide bonds. The molecule has 0 fully saturated rings. The zero-order valence-electron chi connectivity index (χ0n) is 14.3. The van der Waals surface area contributed by atoms with E-state index in [9.17, 15) is 5.11 Å². The molecular formula is C21H25Cl2NO. The van der Waals surface area contributed by atoms with E-state index in [0.717, 1.165) is 44.5 Å². The molecule has 0 saturated carbocycles. The molecular weight excluding hydrogens is 353 g/mol. The first-order chi connectivity index (χ1) is 11.7. The van der Waals surface area contributed by atoms with Crippen molar-refractivity contribution < 1.29 is 5.11 Å². The minimum atomic E-state index is -0.419. The maximum atomic E-state index is 10.3. The van der Waals surface area contributed by atoms with Gasteiger partial charge in [0.2, 0.25) is 0 Å². The first kappa shape index (κ1) is 20.0. The van der Waals surface area contributed by atoms with Gasteiger partial charge in [-0.25, -0.2) is 0 Å².